The first-order chi connectivity index (χ1) is 13.5. The molecule has 3 rings (SSSR count). The molecule has 2 amide bonds. The topological polar surface area (TPSA) is 111 Å². The zero-order chi connectivity index (χ0) is 20.1. The van der Waals surface area contributed by atoms with Gasteiger partial charge in [-0.1, -0.05) is 16.8 Å². The Morgan fingerprint density at radius 3 is 2.82 bits per heavy atom. The first-order valence-corrected chi connectivity index (χ1v) is 9.46. The molecular weight excluding hydrogens is 384 g/mol. The maximum absolute atomic E-state index is 13.3. The number of benzene rings is 1. The molecular formula is C19H23ClN4O4. The van der Waals surface area contributed by atoms with Crippen molar-refractivity contribution in [2.45, 2.75) is 12.8 Å². The second-order valence-electron chi connectivity index (χ2n) is 6.65. The largest absolute Gasteiger partial charge is 0.383 e. The number of methoxy groups -OCH3 is 1. The van der Waals surface area contributed by atoms with Crippen molar-refractivity contribution >= 4 is 29.2 Å². The van der Waals surface area contributed by atoms with E-state index in [-0.39, 0.29) is 24.3 Å². The van der Waals surface area contributed by atoms with Crippen LogP contribution in [0.15, 0.2) is 28.8 Å². The Bertz CT molecular complexity index is 837. The fourth-order valence-electron chi connectivity index (χ4n) is 3.23. The number of piperidine rings is 1. The molecule has 8 nitrogen and oxygen atoms in total. The summed E-state index contributed by atoms with van der Waals surface area (Å²) in [4.78, 5) is 26.5. The highest BCUT2D eigenvalue weighted by Crippen LogP contribution is 2.32. The van der Waals surface area contributed by atoms with E-state index in [9.17, 15) is 9.59 Å². The van der Waals surface area contributed by atoms with Crippen molar-refractivity contribution in [2.24, 2.45) is 11.7 Å². The fourth-order valence-corrected chi connectivity index (χ4v) is 3.36. The Morgan fingerprint density at radius 1 is 1.39 bits per heavy atom. The van der Waals surface area contributed by atoms with E-state index in [0.717, 1.165) is 0 Å². The van der Waals surface area contributed by atoms with Crippen molar-refractivity contribution in [3.8, 4) is 11.3 Å². The quantitative estimate of drug-likeness (QED) is 0.683. The molecule has 1 aliphatic heterocycles. The van der Waals surface area contributed by atoms with Gasteiger partial charge in [0.25, 0.3) is 5.91 Å². The highest BCUT2D eigenvalue weighted by atomic mass is 35.5. The molecule has 9 heteroatoms. The summed E-state index contributed by atoms with van der Waals surface area (Å²) < 4.78 is 10.5. The lowest BCUT2D eigenvalue weighted by Gasteiger charge is -2.31. The van der Waals surface area contributed by atoms with Crippen molar-refractivity contribution in [2.75, 3.05) is 38.7 Å². The van der Waals surface area contributed by atoms with Gasteiger partial charge in [0.2, 0.25) is 5.91 Å². The van der Waals surface area contributed by atoms with Crippen molar-refractivity contribution in [1.82, 2.24) is 10.1 Å². The predicted molar refractivity (Wildman–Crippen MR) is 105 cm³/mol. The number of halogens is 1. The molecule has 0 bridgehead atoms. The highest BCUT2D eigenvalue weighted by Gasteiger charge is 2.32. The molecule has 1 unspecified atom stereocenters. The molecule has 0 saturated carbocycles. The Kier molecular flexibility index (Phi) is 6.53. The Morgan fingerprint density at radius 2 is 2.14 bits per heavy atom. The van der Waals surface area contributed by atoms with Crippen LogP contribution in [-0.2, 0) is 9.53 Å². The minimum Gasteiger partial charge on any atom is -0.383 e. The average Bonchev–Trinajstić information content (AvgIpc) is 3.12. The van der Waals surface area contributed by atoms with Gasteiger partial charge in [-0.25, -0.2) is 0 Å². The third-order valence-electron chi connectivity index (χ3n) is 4.72. The molecule has 0 aliphatic carbocycles. The molecule has 1 saturated heterocycles. The van der Waals surface area contributed by atoms with Crippen LogP contribution < -0.4 is 11.1 Å². The zero-order valence-electron chi connectivity index (χ0n) is 15.6. The summed E-state index contributed by atoms with van der Waals surface area (Å²) in [6.07, 6.45) is 1.40. The van der Waals surface area contributed by atoms with Gasteiger partial charge in [0.15, 0.2) is 11.6 Å². The van der Waals surface area contributed by atoms with Crippen molar-refractivity contribution in [3.63, 3.8) is 0 Å². The van der Waals surface area contributed by atoms with Gasteiger partial charge in [0.1, 0.15) is 5.56 Å². The van der Waals surface area contributed by atoms with Crippen LogP contribution in [0.3, 0.4) is 0 Å². The first kappa shape index (κ1) is 20.2. The molecule has 2 aromatic rings. The molecule has 1 fully saturated rings. The van der Waals surface area contributed by atoms with Crippen LogP contribution in [0, 0.1) is 5.92 Å². The van der Waals surface area contributed by atoms with Gasteiger partial charge in [-0.2, -0.15) is 0 Å². The third kappa shape index (κ3) is 4.45. The van der Waals surface area contributed by atoms with Crippen LogP contribution >= 0.6 is 11.6 Å². The van der Waals surface area contributed by atoms with Crippen LogP contribution in [0.5, 0.6) is 0 Å². The van der Waals surface area contributed by atoms with Gasteiger partial charge in [-0.15, -0.1) is 0 Å². The van der Waals surface area contributed by atoms with Crippen LogP contribution in [0.2, 0.25) is 5.02 Å². The average molecular weight is 407 g/mol. The van der Waals surface area contributed by atoms with Crippen molar-refractivity contribution in [1.29, 1.82) is 0 Å². The molecule has 150 valence electrons. The molecule has 0 radical (unpaired) electrons. The summed E-state index contributed by atoms with van der Waals surface area (Å²) in [7, 11) is 1.59. The van der Waals surface area contributed by atoms with Gasteiger partial charge in [-0.05, 0) is 37.1 Å². The van der Waals surface area contributed by atoms with Crippen LogP contribution in [0.25, 0.3) is 11.3 Å². The van der Waals surface area contributed by atoms with E-state index >= 15 is 0 Å². The SMILES string of the molecule is COCCNc1noc(-c2ccc(Cl)cc2)c1C(=O)N1CCCC(C(N)=O)C1. The van der Waals surface area contributed by atoms with E-state index in [1.54, 1.807) is 36.3 Å². The maximum atomic E-state index is 13.3. The molecule has 1 aromatic heterocycles. The number of primary amides is 1. The number of carbonyl (C=O) groups is 2. The number of anilines is 1. The summed E-state index contributed by atoms with van der Waals surface area (Å²) in [5, 5.41) is 7.70. The minimum absolute atomic E-state index is 0.253. The van der Waals surface area contributed by atoms with Gasteiger partial charge in [0.05, 0.1) is 12.5 Å². The number of rotatable bonds is 7. The second kappa shape index (κ2) is 9.07. The lowest BCUT2D eigenvalue weighted by Crippen LogP contribution is -2.44. The molecule has 0 spiro atoms. The number of carbonyl (C=O) groups excluding carboxylic acids is 2. The summed E-state index contributed by atoms with van der Waals surface area (Å²) in [5.74, 6) is -0.298. The lowest BCUT2D eigenvalue weighted by molar-refractivity contribution is -0.123. The minimum atomic E-state index is -0.390. The van der Waals surface area contributed by atoms with Crippen LogP contribution in [0.1, 0.15) is 23.2 Å². The fraction of sp³-hybridized carbons (Fsp3) is 0.421. The van der Waals surface area contributed by atoms with E-state index < -0.39 is 0 Å². The van der Waals surface area contributed by atoms with Gasteiger partial charge in [0, 0.05) is 37.3 Å². The number of likely N-dealkylation sites (tertiary alicyclic amines) is 1. The molecule has 2 heterocycles. The number of nitrogens with zero attached hydrogens (tertiary/aromatic N) is 2. The molecule has 3 N–H and O–H groups in total. The number of hydrogen-bond donors (Lipinski definition) is 2. The standard InChI is InChI=1S/C19H23ClN4O4/c1-27-10-8-22-18-15(16(28-23-18)12-4-6-14(20)7-5-12)19(26)24-9-2-3-13(11-24)17(21)25/h4-7,13H,2-3,8-11H2,1H3,(H2,21,25)(H,22,23). The van der Waals surface area contributed by atoms with Crippen LogP contribution in [-0.4, -0.2) is 55.2 Å². The highest BCUT2D eigenvalue weighted by molar-refractivity contribution is 6.30. The summed E-state index contributed by atoms with van der Waals surface area (Å²) >= 11 is 5.97. The Hall–Kier alpha value is -2.58. The number of amides is 2. The predicted octanol–water partition coefficient (Wildman–Crippen LogP) is 2.39. The van der Waals surface area contributed by atoms with E-state index in [4.69, 9.17) is 26.6 Å². The number of nitrogens with one attached hydrogen (secondary N) is 1. The lowest BCUT2D eigenvalue weighted by atomic mass is 9.96. The summed E-state index contributed by atoms with van der Waals surface area (Å²) in [5.41, 5.74) is 6.45. The van der Waals surface area contributed by atoms with Gasteiger partial charge in [-0.3, -0.25) is 9.59 Å². The molecule has 1 aliphatic rings. The molecule has 1 atom stereocenters. The Balaban J connectivity index is 1.93. The number of hydrogen-bond acceptors (Lipinski definition) is 6. The van der Waals surface area contributed by atoms with Gasteiger partial charge < -0.3 is 25.2 Å². The monoisotopic (exact) mass is 406 g/mol. The first-order valence-electron chi connectivity index (χ1n) is 9.08. The summed E-state index contributed by atoms with van der Waals surface area (Å²) in [6.45, 7) is 1.75. The molecule has 28 heavy (non-hydrogen) atoms. The Labute approximate surface area is 167 Å². The maximum Gasteiger partial charge on any atom is 0.261 e. The van der Waals surface area contributed by atoms with Gasteiger partial charge >= 0.3 is 0 Å². The van der Waals surface area contributed by atoms with Crippen LogP contribution in [0.4, 0.5) is 5.82 Å². The smallest absolute Gasteiger partial charge is 0.261 e. The van der Waals surface area contributed by atoms with E-state index in [2.05, 4.69) is 10.5 Å². The number of nitrogens with two attached hydrogens (primary N) is 1. The van der Waals surface area contributed by atoms with E-state index in [0.29, 0.717) is 60.3 Å². The second-order valence-corrected chi connectivity index (χ2v) is 7.09. The van der Waals surface area contributed by atoms with Crippen molar-refractivity contribution < 1.29 is 18.8 Å². The normalized spacial score (nSPS) is 16.8. The zero-order valence-corrected chi connectivity index (χ0v) is 16.4. The molecule has 1 aromatic carbocycles. The van der Waals surface area contributed by atoms with E-state index in [1.807, 2.05) is 0 Å². The van der Waals surface area contributed by atoms with Crippen molar-refractivity contribution in [3.05, 3.63) is 34.9 Å². The summed E-state index contributed by atoms with van der Waals surface area (Å²) in [6, 6.07) is 6.97. The number of aromatic nitrogens is 1. The third-order valence-corrected chi connectivity index (χ3v) is 4.97. The number of ether oxygens (including phenoxy) is 1. The van der Waals surface area contributed by atoms with E-state index in [1.165, 1.54) is 0 Å².